The summed E-state index contributed by atoms with van der Waals surface area (Å²) in [6.45, 7) is 1.70. The molecule has 1 rings (SSSR count). The second-order valence-electron chi connectivity index (χ2n) is 3.95. The minimum atomic E-state index is -4.36. The number of hydrogen-bond donors (Lipinski definition) is 3. The summed E-state index contributed by atoms with van der Waals surface area (Å²) in [7, 11) is -4.36. The number of aliphatic hydroxyl groups excluding tert-OH is 1. The Balaban J connectivity index is 2.73. The van der Waals surface area contributed by atoms with Gasteiger partial charge in [0.2, 0.25) is 0 Å². The molecule has 0 aliphatic carbocycles. The third-order valence-corrected chi connectivity index (χ3v) is 2.71. The van der Waals surface area contributed by atoms with Crippen molar-refractivity contribution in [3.63, 3.8) is 0 Å². The quantitative estimate of drug-likeness (QED) is 0.426. The average Bonchev–Trinajstić information content (AvgIpc) is 2.33. The average molecular weight is 286 g/mol. The Bertz CT molecular complexity index is 531. The molecule has 1 aromatic carbocycles. The number of aryl methyl sites for hydroxylation is 1. The van der Waals surface area contributed by atoms with Crippen LogP contribution in [0.3, 0.4) is 0 Å². The maximum Gasteiger partial charge on any atom is 0.362 e. The van der Waals surface area contributed by atoms with Gasteiger partial charge >= 0.3 is 13.6 Å². The van der Waals surface area contributed by atoms with Crippen molar-refractivity contribution >= 4 is 19.6 Å². The zero-order valence-electron chi connectivity index (χ0n) is 10.3. The van der Waals surface area contributed by atoms with Crippen LogP contribution >= 0.6 is 7.60 Å². The third kappa shape index (κ3) is 5.81. The van der Waals surface area contributed by atoms with E-state index in [2.05, 4.69) is 4.74 Å². The normalized spacial score (nSPS) is 11.8. The molecular formula is C12H15O6P. The van der Waals surface area contributed by atoms with E-state index < -0.39 is 19.9 Å². The number of benzene rings is 1. The van der Waals surface area contributed by atoms with Gasteiger partial charge < -0.3 is 19.6 Å². The number of hydrogen-bond acceptors (Lipinski definition) is 4. The fraction of sp³-hybridized carbons (Fsp3) is 0.250. The molecule has 19 heavy (non-hydrogen) atoms. The van der Waals surface area contributed by atoms with Gasteiger partial charge in [0.25, 0.3) is 0 Å². The monoisotopic (exact) mass is 286 g/mol. The molecule has 3 N–H and O–H groups in total. The van der Waals surface area contributed by atoms with Gasteiger partial charge in [0.1, 0.15) is 0 Å². The first-order valence-electron chi connectivity index (χ1n) is 5.41. The molecule has 0 saturated carbocycles. The Labute approximate surface area is 110 Å². The summed E-state index contributed by atoms with van der Waals surface area (Å²) in [5.41, 5.74) is 2.25. The topological polar surface area (TPSA) is 104 Å². The summed E-state index contributed by atoms with van der Waals surface area (Å²) in [4.78, 5) is 28.3. The van der Waals surface area contributed by atoms with E-state index in [1.165, 1.54) is 6.08 Å². The van der Waals surface area contributed by atoms with E-state index in [0.29, 0.717) is 11.1 Å². The third-order valence-electron chi connectivity index (χ3n) is 2.25. The maximum atomic E-state index is 11.2. The molecule has 0 fully saturated rings. The molecule has 0 bridgehead atoms. The van der Waals surface area contributed by atoms with Crippen molar-refractivity contribution in [1.29, 1.82) is 0 Å². The van der Waals surface area contributed by atoms with Gasteiger partial charge in [-0.1, -0.05) is 23.8 Å². The number of ether oxygens (including phenoxy) is 1. The molecule has 104 valence electrons. The molecule has 0 unspecified atom stereocenters. The molecule has 0 saturated heterocycles. The second-order valence-corrected chi connectivity index (χ2v) is 5.54. The van der Waals surface area contributed by atoms with Crippen LogP contribution in [0.1, 0.15) is 16.7 Å². The first-order valence-corrected chi connectivity index (χ1v) is 7.21. The number of carbonyl (C=O) groups is 1. The van der Waals surface area contributed by atoms with E-state index in [4.69, 9.17) is 14.9 Å². The van der Waals surface area contributed by atoms with Crippen molar-refractivity contribution in [2.75, 3.05) is 6.35 Å². The summed E-state index contributed by atoms with van der Waals surface area (Å²) in [6, 6.07) is 5.34. The SMILES string of the molecule is Cc1ccc(CO)c(/C=C/C(=O)OCP(=O)(O)O)c1. The fourth-order valence-electron chi connectivity index (χ4n) is 1.37. The standard InChI is InChI=1S/C12H15O6P/c1-9-2-3-11(7-13)10(6-9)4-5-12(14)18-8-19(15,16)17/h2-6,13H,7-8H2,1H3,(H2,15,16,17)/b5-4+. The molecule has 7 heteroatoms. The highest BCUT2D eigenvalue weighted by atomic mass is 31.2. The molecule has 0 radical (unpaired) electrons. The van der Waals surface area contributed by atoms with Gasteiger partial charge in [-0.05, 0) is 24.1 Å². The maximum absolute atomic E-state index is 11.2. The lowest BCUT2D eigenvalue weighted by Gasteiger charge is -2.05. The Morgan fingerprint density at radius 2 is 2.11 bits per heavy atom. The minimum absolute atomic E-state index is 0.169. The Morgan fingerprint density at radius 3 is 2.68 bits per heavy atom. The van der Waals surface area contributed by atoms with Crippen molar-refractivity contribution in [2.45, 2.75) is 13.5 Å². The molecule has 0 aromatic heterocycles. The summed E-state index contributed by atoms with van der Waals surface area (Å²) < 4.78 is 14.9. The fourth-order valence-corrected chi connectivity index (χ4v) is 1.66. The zero-order chi connectivity index (χ0) is 14.5. The lowest BCUT2D eigenvalue weighted by atomic mass is 10.0. The molecule has 0 aliphatic heterocycles. The number of rotatable bonds is 5. The largest absolute Gasteiger partial charge is 0.450 e. The zero-order valence-corrected chi connectivity index (χ0v) is 11.2. The van der Waals surface area contributed by atoms with Crippen LogP contribution in [0.4, 0.5) is 0 Å². The predicted octanol–water partition coefficient (Wildman–Crippen LogP) is 1.18. The van der Waals surface area contributed by atoms with Crippen LogP contribution in [0.25, 0.3) is 6.08 Å². The van der Waals surface area contributed by atoms with E-state index in [1.807, 2.05) is 13.0 Å². The van der Waals surface area contributed by atoms with E-state index >= 15 is 0 Å². The summed E-state index contributed by atoms with van der Waals surface area (Å²) in [5.74, 6) is -0.853. The van der Waals surface area contributed by atoms with Crippen LogP contribution in [0.2, 0.25) is 0 Å². The van der Waals surface area contributed by atoms with Gasteiger partial charge in [0.05, 0.1) is 6.61 Å². The highest BCUT2D eigenvalue weighted by molar-refractivity contribution is 7.51. The van der Waals surface area contributed by atoms with Crippen LogP contribution in [0, 0.1) is 6.92 Å². The Morgan fingerprint density at radius 1 is 1.42 bits per heavy atom. The molecule has 0 atom stereocenters. The van der Waals surface area contributed by atoms with Gasteiger partial charge in [0.15, 0.2) is 6.35 Å². The predicted molar refractivity (Wildman–Crippen MR) is 69.1 cm³/mol. The first-order chi connectivity index (χ1) is 8.81. The minimum Gasteiger partial charge on any atom is -0.450 e. The van der Waals surface area contributed by atoms with E-state index in [0.717, 1.165) is 11.6 Å². The van der Waals surface area contributed by atoms with Crippen molar-refractivity contribution in [3.8, 4) is 0 Å². The lowest BCUT2D eigenvalue weighted by molar-refractivity contribution is -0.136. The molecule has 0 spiro atoms. The summed E-state index contributed by atoms with van der Waals surface area (Å²) in [6.07, 6.45) is 1.54. The van der Waals surface area contributed by atoms with E-state index in [1.54, 1.807) is 12.1 Å². The Hall–Kier alpha value is -1.46. The highest BCUT2D eigenvalue weighted by Crippen LogP contribution is 2.33. The molecular weight excluding hydrogens is 271 g/mol. The second kappa shape index (κ2) is 6.63. The van der Waals surface area contributed by atoms with Crippen molar-refractivity contribution in [1.82, 2.24) is 0 Å². The van der Waals surface area contributed by atoms with Crippen LogP contribution in [0.5, 0.6) is 0 Å². The van der Waals surface area contributed by atoms with Gasteiger partial charge in [0, 0.05) is 6.08 Å². The van der Waals surface area contributed by atoms with Crippen LogP contribution in [-0.4, -0.2) is 27.2 Å². The van der Waals surface area contributed by atoms with Crippen LogP contribution in [0.15, 0.2) is 24.3 Å². The van der Waals surface area contributed by atoms with Crippen LogP contribution in [-0.2, 0) is 20.7 Å². The van der Waals surface area contributed by atoms with Gasteiger partial charge in [-0.2, -0.15) is 0 Å². The molecule has 1 aromatic rings. The number of carbonyl (C=O) groups excluding carboxylic acids is 1. The Kier molecular flexibility index (Phi) is 5.44. The summed E-state index contributed by atoms with van der Waals surface area (Å²) >= 11 is 0. The van der Waals surface area contributed by atoms with Crippen molar-refractivity contribution < 1.29 is 29.0 Å². The van der Waals surface area contributed by atoms with E-state index in [9.17, 15) is 9.36 Å². The summed E-state index contributed by atoms with van der Waals surface area (Å²) in [5, 5.41) is 9.13. The highest BCUT2D eigenvalue weighted by Gasteiger charge is 2.14. The smallest absolute Gasteiger partial charge is 0.362 e. The van der Waals surface area contributed by atoms with Gasteiger partial charge in [-0.25, -0.2) is 4.79 Å². The van der Waals surface area contributed by atoms with Crippen molar-refractivity contribution in [3.05, 3.63) is 41.0 Å². The molecule has 6 nitrogen and oxygen atoms in total. The first kappa shape index (κ1) is 15.6. The van der Waals surface area contributed by atoms with Crippen molar-refractivity contribution in [2.24, 2.45) is 0 Å². The number of esters is 1. The van der Waals surface area contributed by atoms with Gasteiger partial charge in [-0.15, -0.1) is 0 Å². The molecule has 0 aliphatic rings. The van der Waals surface area contributed by atoms with E-state index in [-0.39, 0.29) is 6.61 Å². The molecule has 0 amide bonds. The lowest BCUT2D eigenvalue weighted by Crippen LogP contribution is -2.02. The van der Waals surface area contributed by atoms with Gasteiger partial charge in [-0.3, -0.25) is 4.57 Å². The molecule has 0 heterocycles. The number of aliphatic hydroxyl groups is 1. The van der Waals surface area contributed by atoms with Crippen LogP contribution < -0.4 is 0 Å².